The molecule has 0 aliphatic heterocycles. The molecule has 3 nitrogen and oxygen atoms in total. The molecule has 2 aromatic carbocycles. The fourth-order valence-corrected chi connectivity index (χ4v) is 3.25. The lowest BCUT2D eigenvalue weighted by atomic mass is 10.1. The number of aryl methyl sites for hydroxylation is 1. The zero-order valence-corrected chi connectivity index (χ0v) is 13.0. The van der Waals surface area contributed by atoms with Gasteiger partial charge in [0.1, 0.15) is 0 Å². The summed E-state index contributed by atoms with van der Waals surface area (Å²) in [4.78, 5) is 16.5. The second-order valence-electron chi connectivity index (χ2n) is 4.81. The van der Waals surface area contributed by atoms with Gasteiger partial charge in [0.2, 0.25) is 5.91 Å². The minimum atomic E-state index is -0.112. The van der Waals surface area contributed by atoms with Crippen LogP contribution >= 0.6 is 22.9 Å². The molecule has 0 saturated carbocycles. The van der Waals surface area contributed by atoms with Crippen LogP contribution in [0.25, 0.3) is 10.2 Å². The van der Waals surface area contributed by atoms with Gasteiger partial charge in [0.15, 0.2) is 5.13 Å². The van der Waals surface area contributed by atoms with Crippen LogP contribution < -0.4 is 5.32 Å². The first-order valence-corrected chi connectivity index (χ1v) is 7.72. The molecule has 0 bridgehead atoms. The normalized spacial score (nSPS) is 10.8. The van der Waals surface area contributed by atoms with Crippen LogP contribution in [0.5, 0.6) is 0 Å². The molecule has 0 aliphatic carbocycles. The molecule has 0 atom stereocenters. The maximum Gasteiger partial charge on any atom is 0.230 e. The average molecular weight is 317 g/mol. The summed E-state index contributed by atoms with van der Waals surface area (Å²) in [5.41, 5.74) is 2.90. The molecule has 1 N–H and O–H groups in total. The van der Waals surface area contributed by atoms with E-state index < -0.39 is 0 Å². The number of hydrogen-bond donors (Lipinski definition) is 1. The first kappa shape index (κ1) is 14.0. The molecule has 0 spiro atoms. The third-order valence-electron chi connectivity index (χ3n) is 3.10. The highest BCUT2D eigenvalue weighted by Gasteiger charge is 2.10. The van der Waals surface area contributed by atoms with Crippen molar-refractivity contribution in [1.82, 2.24) is 4.98 Å². The monoisotopic (exact) mass is 316 g/mol. The van der Waals surface area contributed by atoms with Crippen molar-refractivity contribution < 1.29 is 4.79 Å². The molecule has 0 unspecified atom stereocenters. The maximum absolute atomic E-state index is 12.1. The standard InChI is InChI=1S/C16H13ClN2OS/c1-10-6-7-13-14(8-10)21-16(18-13)19-15(20)9-11-4-2-3-5-12(11)17/h2-8H,9H2,1H3,(H,18,19,20). The molecule has 1 aromatic heterocycles. The van der Waals surface area contributed by atoms with Crippen LogP contribution in [0.15, 0.2) is 42.5 Å². The molecule has 0 radical (unpaired) electrons. The number of aromatic nitrogens is 1. The summed E-state index contributed by atoms with van der Waals surface area (Å²) in [7, 11) is 0. The van der Waals surface area contributed by atoms with E-state index in [4.69, 9.17) is 11.6 Å². The van der Waals surface area contributed by atoms with E-state index in [1.807, 2.05) is 37.3 Å². The van der Waals surface area contributed by atoms with Gasteiger partial charge >= 0.3 is 0 Å². The first-order chi connectivity index (χ1) is 10.1. The second kappa shape index (κ2) is 5.84. The van der Waals surface area contributed by atoms with Gasteiger partial charge in [-0.3, -0.25) is 4.79 Å². The summed E-state index contributed by atoms with van der Waals surface area (Å²) in [6.07, 6.45) is 0.245. The predicted molar refractivity (Wildman–Crippen MR) is 88.1 cm³/mol. The van der Waals surface area contributed by atoms with Gasteiger partial charge in [0.05, 0.1) is 16.6 Å². The highest BCUT2D eigenvalue weighted by atomic mass is 35.5. The molecule has 0 fully saturated rings. The number of anilines is 1. The predicted octanol–water partition coefficient (Wildman–Crippen LogP) is 4.44. The molecular formula is C16H13ClN2OS. The molecule has 3 rings (SSSR count). The van der Waals surface area contributed by atoms with Crippen LogP contribution in [0, 0.1) is 6.92 Å². The molecule has 0 aliphatic rings. The van der Waals surface area contributed by atoms with Gasteiger partial charge in [-0.1, -0.05) is 47.2 Å². The smallest absolute Gasteiger partial charge is 0.230 e. The Morgan fingerprint density at radius 2 is 2.10 bits per heavy atom. The summed E-state index contributed by atoms with van der Waals surface area (Å²) in [6, 6.07) is 13.4. The van der Waals surface area contributed by atoms with Crippen LogP contribution in [-0.4, -0.2) is 10.9 Å². The first-order valence-electron chi connectivity index (χ1n) is 6.52. The Hall–Kier alpha value is -1.91. The molecule has 3 aromatic rings. The number of carbonyl (C=O) groups excluding carboxylic acids is 1. The van der Waals surface area contributed by atoms with Gasteiger partial charge in [-0.15, -0.1) is 0 Å². The zero-order chi connectivity index (χ0) is 14.8. The van der Waals surface area contributed by atoms with E-state index in [2.05, 4.69) is 16.4 Å². The number of thiazole rings is 1. The third kappa shape index (κ3) is 3.23. The van der Waals surface area contributed by atoms with E-state index in [-0.39, 0.29) is 12.3 Å². The van der Waals surface area contributed by atoms with Crippen molar-refractivity contribution in [2.45, 2.75) is 13.3 Å². The summed E-state index contributed by atoms with van der Waals surface area (Å²) in [5, 5.41) is 4.06. The zero-order valence-electron chi connectivity index (χ0n) is 11.4. The van der Waals surface area contributed by atoms with Crippen molar-refractivity contribution in [1.29, 1.82) is 0 Å². The lowest BCUT2D eigenvalue weighted by molar-refractivity contribution is -0.115. The third-order valence-corrected chi connectivity index (χ3v) is 4.40. The fourth-order valence-electron chi connectivity index (χ4n) is 2.06. The summed E-state index contributed by atoms with van der Waals surface area (Å²) in [6.45, 7) is 2.04. The second-order valence-corrected chi connectivity index (χ2v) is 6.24. The minimum absolute atomic E-state index is 0.112. The molecule has 21 heavy (non-hydrogen) atoms. The van der Waals surface area contributed by atoms with Crippen molar-refractivity contribution in [2.24, 2.45) is 0 Å². The highest BCUT2D eigenvalue weighted by molar-refractivity contribution is 7.22. The molecular weight excluding hydrogens is 304 g/mol. The molecule has 1 amide bonds. The minimum Gasteiger partial charge on any atom is -0.302 e. The van der Waals surface area contributed by atoms with Crippen LogP contribution in [0.2, 0.25) is 5.02 Å². The maximum atomic E-state index is 12.1. The van der Waals surface area contributed by atoms with Gasteiger partial charge in [-0.2, -0.15) is 0 Å². The number of fused-ring (bicyclic) bond motifs is 1. The van der Waals surface area contributed by atoms with E-state index in [1.54, 1.807) is 6.07 Å². The molecule has 1 heterocycles. The Morgan fingerprint density at radius 1 is 1.29 bits per heavy atom. The summed E-state index contributed by atoms with van der Waals surface area (Å²) < 4.78 is 1.07. The summed E-state index contributed by atoms with van der Waals surface area (Å²) in [5.74, 6) is -0.112. The molecule has 0 saturated heterocycles. The van der Waals surface area contributed by atoms with Crippen LogP contribution in [0.3, 0.4) is 0 Å². The van der Waals surface area contributed by atoms with Crippen LogP contribution in [0.1, 0.15) is 11.1 Å². The van der Waals surface area contributed by atoms with Crippen molar-refractivity contribution in [3.8, 4) is 0 Å². The quantitative estimate of drug-likeness (QED) is 0.776. The molecule has 5 heteroatoms. The van der Waals surface area contributed by atoms with Crippen molar-refractivity contribution in [3.63, 3.8) is 0 Å². The number of benzene rings is 2. The van der Waals surface area contributed by atoms with Gasteiger partial charge < -0.3 is 5.32 Å². The van der Waals surface area contributed by atoms with E-state index in [1.165, 1.54) is 16.9 Å². The van der Waals surface area contributed by atoms with E-state index in [0.717, 1.165) is 15.8 Å². The Labute approximate surface area is 131 Å². The number of rotatable bonds is 3. The molecule has 106 valence electrons. The topological polar surface area (TPSA) is 42.0 Å². The van der Waals surface area contributed by atoms with Crippen molar-refractivity contribution >= 4 is 44.2 Å². The Morgan fingerprint density at radius 3 is 2.90 bits per heavy atom. The summed E-state index contributed by atoms with van der Waals surface area (Å²) >= 11 is 7.54. The van der Waals surface area contributed by atoms with Gasteiger partial charge in [-0.25, -0.2) is 4.98 Å². The number of amides is 1. The number of nitrogens with one attached hydrogen (secondary N) is 1. The van der Waals surface area contributed by atoms with E-state index in [9.17, 15) is 4.79 Å². The SMILES string of the molecule is Cc1ccc2nc(NC(=O)Cc3ccccc3Cl)sc2c1. The number of nitrogens with zero attached hydrogens (tertiary/aromatic N) is 1. The van der Waals surface area contributed by atoms with Gasteiger partial charge in [0.25, 0.3) is 0 Å². The Bertz CT molecular complexity index is 813. The van der Waals surface area contributed by atoms with Crippen molar-refractivity contribution in [3.05, 3.63) is 58.6 Å². The van der Waals surface area contributed by atoms with E-state index in [0.29, 0.717) is 10.2 Å². The van der Waals surface area contributed by atoms with Crippen molar-refractivity contribution in [2.75, 3.05) is 5.32 Å². The number of hydrogen-bond acceptors (Lipinski definition) is 3. The Kier molecular flexibility index (Phi) is 3.90. The Balaban J connectivity index is 1.75. The lowest BCUT2D eigenvalue weighted by Crippen LogP contribution is -2.14. The van der Waals surface area contributed by atoms with E-state index >= 15 is 0 Å². The highest BCUT2D eigenvalue weighted by Crippen LogP contribution is 2.27. The largest absolute Gasteiger partial charge is 0.302 e. The lowest BCUT2D eigenvalue weighted by Gasteiger charge is -2.03. The van der Waals surface area contributed by atoms with Crippen LogP contribution in [-0.2, 0) is 11.2 Å². The number of halogens is 1. The van der Waals surface area contributed by atoms with Crippen LogP contribution in [0.4, 0.5) is 5.13 Å². The van der Waals surface area contributed by atoms with Gasteiger partial charge in [-0.05, 0) is 36.2 Å². The average Bonchev–Trinajstić information content (AvgIpc) is 2.82. The van der Waals surface area contributed by atoms with Gasteiger partial charge in [0, 0.05) is 5.02 Å². The number of carbonyl (C=O) groups is 1. The fraction of sp³-hybridized carbons (Fsp3) is 0.125.